The van der Waals surface area contributed by atoms with Gasteiger partial charge in [0.2, 0.25) is 0 Å². The van der Waals surface area contributed by atoms with Gasteiger partial charge in [0.05, 0.1) is 12.6 Å². The molecule has 2 nitrogen and oxygen atoms in total. The number of hydrogen-bond acceptors (Lipinski definition) is 1. The van der Waals surface area contributed by atoms with Crippen molar-refractivity contribution in [1.29, 1.82) is 0 Å². The Morgan fingerprint density at radius 2 is 1.74 bits per heavy atom. The first kappa shape index (κ1) is 12.1. The van der Waals surface area contributed by atoms with Crippen LogP contribution in [-0.4, -0.2) is 11.7 Å². The first-order chi connectivity index (χ1) is 9.19. The Balaban J connectivity index is 2.64. The van der Waals surface area contributed by atoms with Gasteiger partial charge in [-0.2, -0.15) is 0 Å². The molecule has 1 heterocycles. The van der Waals surface area contributed by atoms with Crippen molar-refractivity contribution in [2.45, 2.75) is 27.3 Å². The Bertz CT molecular complexity index is 768. The summed E-state index contributed by atoms with van der Waals surface area (Å²) in [5, 5.41) is 2.57. The Morgan fingerprint density at radius 3 is 2.42 bits per heavy atom. The van der Waals surface area contributed by atoms with Crippen molar-refractivity contribution in [3.05, 3.63) is 41.5 Å². The summed E-state index contributed by atoms with van der Waals surface area (Å²) in [7, 11) is 1.75. The summed E-state index contributed by atoms with van der Waals surface area (Å²) in [5.41, 5.74) is 5.23. The van der Waals surface area contributed by atoms with E-state index in [9.17, 15) is 0 Å². The third kappa shape index (κ3) is 1.56. The number of fused-ring (bicyclic) bond motifs is 3. The smallest absolute Gasteiger partial charge is 0.128 e. The van der Waals surface area contributed by atoms with Crippen LogP contribution in [0, 0.1) is 13.8 Å². The molecule has 0 bridgehead atoms. The van der Waals surface area contributed by atoms with E-state index >= 15 is 0 Å². The molecule has 2 heteroatoms. The molecule has 0 aliphatic rings. The number of benzene rings is 2. The zero-order chi connectivity index (χ0) is 13.6. The van der Waals surface area contributed by atoms with Gasteiger partial charge in [-0.1, -0.05) is 12.1 Å². The zero-order valence-corrected chi connectivity index (χ0v) is 11.9. The number of nitrogens with zero attached hydrogens (tertiary/aromatic N) is 1. The Labute approximate surface area is 113 Å². The summed E-state index contributed by atoms with van der Waals surface area (Å²) in [6.07, 6.45) is 0. The molecule has 0 radical (unpaired) electrons. The van der Waals surface area contributed by atoms with Crippen LogP contribution in [0.15, 0.2) is 30.3 Å². The van der Waals surface area contributed by atoms with E-state index in [2.05, 4.69) is 49.6 Å². The zero-order valence-electron chi connectivity index (χ0n) is 11.9. The molecule has 0 fully saturated rings. The maximum atomic E-state index is 5.57. The molecule has 0 spiro atoms. The molecule has 0 amide bonds. The monoisotopic (exact) mass is 253 g/mol. The van der Waals surface area contributed by atoms with Crippen LogP contribution < -0.4 is 4.74 Å². The summed E-state index contributed by atoms with van der Waals surface area (Å²) in [5.74, 6) is 0.961. The van der Waals surface area contributed by atoms with Crippen molar-refractivity contribution in [2.24, 2.45) is 0 Å². The second-order valence-electron chi connectivity index (χ2n) is 5.00. The highest BCUT2D eigenvalue weighted by atomic mass is 16.5. The molecule has 0 saturated heterocycles. The molecule has 1 aromatic heterocycles. The summed E-state index contributed by atoms with van der Waals surface area (Å²) >= 11 is 0. The Kier molecular flexibility index (Phi) is 2.74. The van der Waals surface area contributed by atoms with Gasteiger partial charge in [0.25, 0.3) is 0 Å². The molecular formula is C17H19NO. The molecule has 0 atom stereocenters. The van der Waals surface area contributed by atoms with E-state index in [1.165, 1.54) is 32.9 Å². The fourth-order valence-corrected chi connectivity index (χ4v) is 2.98. The van der Waals surface area contributed by atoms with Crippen molar-refractivity contribution in [1.82, 2.24) is 4.57 Å². The summed E-state index contributed by atoms with van der Waals surface area (Å²) in [4.78, 5) is 0. The average molecular weight is 253 g/mol. The van der Waals surface area contributed by atoms with Crippen molar-refractivity contribution in [3.63, 3.8) is 0 Å². The van der Waals surface area contributed by atoms with E-state index in [-0.39, 0.29) is 0 Å². The Morgan fingerprint density at radius 1 is 1.00 bits per heavy atom. The fourth-order valence-electron chi connectivity index (χ4n) is 2.98. The number of hydrogen-bond donors (Lipinski definition) is 0. The van der Waals surface area contributed by atoms with Crippen LogP contribution in [0.4, 0.5) is 0 Å². The van der Waals surface area contributed by atoms with Crippen molar-refractivity contribution in [3.8, 4) is 5.75 Å². The predicted octanol–water partition coefficient (Wildman–Crippen LogP) is 4.44. The molecule has 0 aliphatic carbocycles. The highest BCUT2D eigenvalue weighted by Gasteiger charge is 2.15. The van der Waals surface area contributed by atoms with Gasteiger partial charge < -0.3 is 9.30 Å². The normalized spacial score (nSPS) is 11.4. The lowest BCUT2D eigenvalue weighted by molar-refractivity contribution is 0.420. The van der Waals surface area contributed by atoms with E-state index in [1.54, 1.807) is 7.11 Å². The number of aromatic nitrogens is 1. The molecule has 0 aliphatic heterocycles. The van der Waals surface area contributed by atoms with Gasteiger partial charge in [-0.15, -0.1) is 0 Å². The van der Waals surface area contributed by atoms with Crippen molar-refractivity contribution >= 4 is 21.8 Å². The number of aryl methyl sites for hydroxylation is 3. The highest BCUT2D eigenvalue weighted by Crippen LogP contribution is 2.38. The van der Waals surface area contributed by atoms with E-state index in [0.717, 1.165) is 12.3 Å². The lowest BCUT2D eigenvalue weighted by Gasteiger charge is -2.05. The molecule has 98 valence electrons. The number of methoxy groups -OCH3 is 1. The van der Waals surface area contributed by atoms with Gasteiger partial charge in [0, 0.05) is 22.8 Å². The minimum absolute atomic E-state index is 0.961. The van der Waals surface area contributed by atoms with Gasteiger partial charge in [0.15, 0.2) is 0 Å². The van der Waals surface area contributed by atoms with Gasteiger partial charge in [-0.05, 0) is 50.1 Å². The Hall–Kier alpha value is -1.96. The van der Waals surface area contributed by atoms with E-state index in [0.29, 0.717) is 0 Å². The second-order valence-corrected chi connectivity index (χ2v) is 5.00. The van der Waals surface area contributed by atoms with Gasteiger partial charge in [-0.25, -0.2) is 0 Å². The van der Waals surface area contributed by atoms with Crippen LogP contribution in [0.3, 0.4) is 0 Å². The first-order valence-electron chi connectivity index (χ1n) is 6.74. The van der Waals surface area contributed by atoms with Gasteiger partial charge in [0.1, 0.15) is 5.75 Å². The van der Waals surface area contributed by atoms with Crippen LogP contribution in [0.5, 0.6) is 5.75 Å². The highest BCUT2D eigenvalue weighted by molar-refractivity contribution is 6.13. The van der Waals surface area contributed by atoms with Crippen molar-refractivity contribution < 1.29 is 4.74 Å². The lowest BCUT2D eigenvalue weighted by Crippen LogP contribution is -1.93. The largest absolute Gasteiger partial charge is 0.496 e. The summed E-state index contributed by atoms with van der Waals surface area (Å²) < 4.78 is 7.94. The minimum atomic E-state index is 0.961. The third-order valence-corrected chi connectivity index (χ3v) is 4.09. The summed E-state index contributed by atoms with van der Waals surface area (Å²) in [6, 6.07) is 10.7. The maximum absolute atomic E-state index is 5.57. The molecule has 0 saturated carbocycles. The van der Waals surface area contributed by atoms with Crippen LogP contribution in [0.2, 0.25) is 0 Å². The van der Waals surface area contributed by atoms with Crippen LogP contribution >= 0.6 is 0 Å². The van der Waals surface area contributed by atoms with Gasteiger partial charge in [-0.3, -0.25) is 0 Å². The minimum Gasteiger partial charge on any atom is -0.496 e. The topological polar surface area (TPSA) is 14.2 Å². The van der Waals surface area contributed by atoms with E-state index < -0.39 is 0 Å². The molecule has 3 rings (SSSR count). The SMILES string of the molecule is CCn1c2cccc(OC)c2c2c(C)c(C)ccc21. The maximum Gasteiger partial charge on any atom is 0.128 e. The second kappa shape index (κ2) is 4.30. The first-order valence-corrected chi connectivity index (χ1v) is 6.74. The fraction of sp³-hybridized carbons (Fsp3) is 0.294. The van der Waals surface area contributed by atoms with Crippen LogP contribution in [0.1, 0.15) is 18.1 Å². The molecular weight excluding hydrogens is 234 g/mol. The molecule has 19 heavy (non-hydrogen) atoms. The van der Waals surface area contributed by atoms with E-state index in [4.69, 9.17) is 4.74 Å². The average Bonchev–Trinajstić information content (AvgIpc) is 2.76. The van der Waals surface area contributed by atoms with Crippen molar-refractivity contribution in [2.75, 3.05) is 7.11 Å². The summed E-state index contributed by atoms with van der Waals surface area (Å²) in [6.45, 7) is 7.52. The van der Waals surface area contributed by atoms with Crippen LogP contribution in [-0.2, 0) is 6.54 Å². The third-order valence-electron chi connectivity index (χ3n) is 4.09. The molecule has 2 aromatic carbocycles. The standard InChI is InChI=1S/C17H19NO/c1-5-18-13-7-6-8-15(19-4)17(13)16-12(3)11(2)9-10-14(16)18/h6-10H,5H2,1-4H3. The number of ether oxygens (including phenoxy) is 1. The molecule has 0 unspecified atom stereocenters. The molecule has 0 N–H and O–H groups in total. The predicted molar refractivity (Wildman–Crippen MR) is 81.1 cm³/mol. The van der Waals surface area contributed by atoms with Crippen LogP contribution in [0.25, 0.3) is 21.8 Å². The lowest BCUT2D eigenvalue weighted by atomic mass is 10.0. The quantitative estimate of drug-likeness (QED) is 0.658. The number of rotatable bonds is 2. The molecule has 3 aromatic rings. The van der Waals surface area contributed by atoms with Gasteiger partial charge >= 0.3 is 0 Å². The van der Waals surface area contributed by atoms with E-state index in [1.807, 2.05) is 6.07 Å².